The molecule has 0 fully saturated rings. The minimum atomic E-state index is -0.983. The van der Waals surface area contributed by atoms with Gasteiger partial charge >= 0.3 is 6.03 Å². The van der Waals surface area contributed by atoms with E-state index in [-0.39, 0.29) is 12.4 Å². The van der Waals surface area contributed by atoms with Gasteiger partial charge in [0.2, 0.25) is 0 Å². The average molecular weight is 332 g/mol. The molecule has 2 rings (SSSR count). The number of hydrogen-bond acceptors (Lipinski definition) is 3. The summed E-state index contributed by atoms with van der Waals surface area (Å²) >= 11 is 0. The van der Waals surface area contributed by atoms with Gasteiger partial charge in [0.15, 0.2) is 0 Å². The molecule has 2 aromatic rings. The first-order valence-corrected chi connectivity index (χ1v) is 7.48. The van der Waals surface area contributed by atoms with Crippen LogP contribution in [0.25, 0.3) is 0 Å². The number of hydrogen-bond donors (Lipinski definition) is 2. The fraction of sp³-hybridized carbons (Fsp3) is 0.278. The normalized spacial score (nSPS) is 13.0. The first-order valence-electron chi connectivity index (χ1n) is 7.48. The van der Waals surface area contributed by atoms with Crippen LogP contribution in [0.2, 0.25) is 0 Å². The zero-order valence-electron chi connectivity index (χ0n) is 13.9. The van der Waals surface area contributed by atoms with Gasteiger partial charge in [-0.1, -0.05) is 30.3 Å². The van der Waals surface area contributed by atoms with Crippen molar-refractivity contribution in [2.24, 2.45) is 0 Å². The van der Waals surface area contributed by atoms with E-state index in [9.17, 15) is 9.18 Å². The van der Waals surface area contributed by atoms with Gasteiger partial charge in [0.1, 0.15) is 17.2 Å². The monoisotopic (exact) mass is 332 g/mol. The third-order valence-electron chi connectivity index (χ3n) is 3.84. The Balaban J connectivity index is 2.05. The van der Waals surface area contributed by atoms with Crippen LogP contribution >= 0.6 is 0 Å². The molecule has 6 heteroatoms. The Morgan fingerprint density at radius 1 is 1.12 bits per heavy atom. The third-order valence-corrected chi connectivity index (χ3v) is 3.84. The molecule has 5 nitrogen and oxygen atoms in total. The number of para-hydroxylation sites is 2. The molecule has 24 heavy (non-hydrogen) atoms. The third kappa shape index (κ3) is 4.02. The summed E-state index contributed by atoms with van der Waals surface area (Å²) in [7, 11) is 3.00. The fourth-order valence-electron chi connectivity index (χ4n) is 2.33. The lowest BCUT2D eigenvalue weighted by Crippen LogP contribution is -2.42. The maximum Gasteiger partial charge on any atom is 0.319 e. The molecular formula is C18H21FN2O3. The van der Waals surface area contributed by atoms with E-state index in [2.05, 4.69) is 10.6 Å². The quantitative estimate of drug-likeness (QED) is 0.851. The summed E-state index contributed by atoms with van der Waals surface area (Å²) in [6.45, 7) is 1.82. The summed E-state index contributed by atoms with van der Waals surface area (Å²) in [5, 5.41) is 5.40. The number of urea groups is 1. The van der Waals surface area contributed by atoms with E-state index in [0.29, 0.717) is 17.0 Å². The molecule has 0 saturated carbocycles. The summed E-state index contributed by atoms with van der Waals surface area (Å²) in [4.78, 5) is 12.1. The molecule has 0 aliphatic carbocycles. The van der Waals surface area contributed by atoms with E-state index >= 15 is 0 Å². The van der Waals surface area contributed by atoms with Crippen LogP contribution in [0.15, 0.2) is 48.5 Å². The largest absolute Gasteiger partial charge is 0.495 e. The topological polar surface area (TPSA) is 59.6 Å². The smallest absolute Gasteiger partial charge is 0.319 e. The van der Waals surface area contributed by atoms with Crippen LogP contribution < -0.4 is 15.4 Å². The molecule has 0 spiro atoms. The molecule has 0 heterocycles. The van der Waals surface area contributed by atoms with Gasteiger partial charge in [-0.25, -0.2) is 9.18 Å². The lowest BCUT2D eigenvalue weighted by Gasteiger charge is -2.29. The van der Waals surface area contributed by atoms with E-state index < -0.39 is 11.6 Å². The van der Waals surface area contributed by atoms with Crippen molar-refractivity contribution in [3.63, 3.8) is 0 Å². The summed E-state index contributed by atoms with van der Waals surface area (Å²) < 4.78 is 24.6. The van der Waals surface area contributed by atoms with E-state index in [1.54, 1.807) is 43.3 Å². The Kier molecular flexibility index (Phi) is 5.76. The molecule has 2 N–H and O–H groups in total. The number of rotatable bonds is 6. The number of nitrogens with one attached hydrogen (secondary N) is 2. The maximum atomic E-state index is 14.0. The Morgan fingerprint density at radius 3 is 2.46 bits per heavy atom. The van der Waals surface area contributed by atoms with Crippen LogP contribution in [-0.4, -0.2) is 26.8 Å². The summed E-state index contributed by atoms with van der Waals surface area (Å²) in [5.74, 6) is 0.171. The van der Waals surface area contributed by atoms with Crippen molar-refractivity contribution in [3.8, 4) is 5.75 Å². The predicted octanol–water partition coefficient (Wildman–Crippen LogP) is 3.52. The number of carbonyl (C=O) groups is 1. The second kappa shape index (κ2) is 7.79. The van der Waals surface area contributed by atoms with Gasteiger partial charge in [-0.15, -0.1) is 0 Å². The van der Waals surface area contributed by atoms with Crippen molar-refractivity contribution in [2.45, 2.75) is 12.5 Å². The van der Waals surface area contributed by atoms with Gasteiger partial charge in [0.05, 0.1) is 19.3 Å². The molecule has 0 saturated heterocycles. The minimum absolute atomic E-state index is 0.103. The molecule has 0 unspecified atom stereocenters. The molecule has 0 bridgehead atoms. The van der Waals surface area contributed by atoms with Gasteiger partial charge in [-0.05, 0) is 25.1 Å². The Hall–Kier alpha value is -2.60. The second-order valence-electron chi connectivity index (χ2n) is 5.42. The van der Waals surface area contributed by atoms with Crippen LogP contribution in [0.3, 0.4) is 0 Å². The van der Waals surface area contributed by atoms with Gasteiger partial charge in [0.25, 0.3) is 0 Å². The molecule has 128 valence electrons. The van der Waals surface area contributed by atoms with Crippen molar-refractivity contribution in [3.05, 3.63) is 59.9 Å². The number of methoxy groups -OCH3 is 2. The van der Waals surface area contributed by atoms with Crippen molar-refractivity contribution >= 4 is 11.7 Å². The molecule has 0 aliphatic rings. The fourth-order valence-corrected chi connectivity index (χ4v) is 2.33. The van der Waals surface area contributed by atoms with Crippen molar-refractivity contribution in [1.29, 1.82) is 0 Å². The van der Waals surface area contributed by atoms with Gasteiger partial charge in [-0.3, -0.25) is 0 Å². The average Bonchev–Trinajstić information content (AvgIpc) is 2.60. The van der Waals surface area contributed by atoms with Crippen molar-refractivity contribution < 1.29 is 18.7 Å². The van der Waals surface area contributed by atoms with E-state index in [1.165, 1.54) is 20.3 Å². The first-order chi connectivity index (χ1) is 11.5. The van der Waals surface area contributed by atoms with Crippen LogP contribution in [0.5, 0.6) is 5.75 Å². The predicted molar refractivity (Wildman–Crippen MR) is 90.8 cm³/mol. The highest BCUT2D eigenvalue weighted by molar-refractivity contribution is 5.90. The highest BCUT2D eigenvalue weighted by atomic mass is 19.1. The summed E-state index contributed by atoms with van der Waals surface area (Å²) in [6, 6.07) is 13.0. The van der Waals surface area contributed by atoms with Crippen LogP contribution in [0.4, 0.5) is 14.9 Å². The highest BCUT2D eigenvalue weighted by Gasteiger charge is 2.29. The minimum Gasteiger partial charge on any atom is -0.495 e. The molecule has 0 aromatic heterocycles. The van der Waals surface area contributed by atoms with Crippen LogP contribution in [-0.2, 0) is 10.3 Å². The van der Waals surface area contributed by atoms with E-state index in [0.717, 1.165) is 0 Å². The Morgan fingerprint density at radius 2 is 1.79 bits per heavy atom. The second-order valence-corrected chi connectivity index (χ2v) is 5.42. The molecular weight excluding hydrogens is 311 g/mol. The van der Waals surface area contributed by atoms with Gasteiger partial charge < -0.3 is 20.1 Å². The molecule has 0 radical (unpaired) electrons. The van der Waals surface area contributed by atoms with Gasteiger partial charge in [-0.2, -0.15) is 0 Å². The van der Waals surface area contributed by atoms with Crippen LogP contribution in [0, 0.1) is 5.82 Å². The standard InChI is InChI=1S/C18H21FN2O3/c1-18(24-3,13-8-4-5-9-14(13)19)12-20-17(22)21-15-10-6-7-11-16(15)23-2/h4-11H,12H2,1-3H3,(H2,20,21,22)/t18-/m0/s1. The number of carbonyl (C=O) groups excluding carboxylic acids is 1. The highest BCUT2D eigenvalue weighted by Crippen LogP contribution is 2.26. The van der Waals surface area contributed by atoms with E-state index in [1.807, 2.05) is 6.07 Å². The number of anilines is 1. The van der Waals surface area contributed by atoms with Crippen molar-refractivity contribution in [2.75, 3.05) is 26.1 Å². The maximum absolute atomic E-state index is 14.0. The van der Waals surface area contributed by atoms with Gasteiger partial charge in [0, 0.05) is 12.7 Å². The van der Waals surface area contributed by atoms with Crippen LogP contribution in [0.1, 0.15) is 12.5 Å². The molecule has 2 aromatic carbocycles. The lowest BCUT2D eigenvalue weighted by atomic mass is 9.95. The summed E-state index contributed by atoms with van der Waals surface area (Å²) in [6.07, 6.45) is 0. The number of amides is 2. The molecule has 2 amide bonds. The SMILES string of the molecule is COc1ccccc1NC(=O)NC[C@](C)(OC)c1ccccc1F. The zero-order chi connectivity index (χ0) is 17.6. The lowest BCUT2D eigenvalue weighted by molar-refractivity contribution is 0.00235. The van der Waals surface area contributed by atoms with E-state index in [4.69, 9.17) is 9.47 Å². The first kappa shape index (κ1) is 17.7. The number of halogens is 1. The van der Waals surface area contributed by atoms with Crippen molar-refractivity contribution in [1.82, 2.24) is 5.32 Å². The number of ether oxygens (including phenoxy) is 2. The Bertz CT molecular complexity index is 708. The zero-order valence-corrected chi connectivity index (χ0v) is 13.9. The molecule has 1 atom stereocenters. The summed E-state index contributed by atoms with van der Waals surface area (Å²) in [5.41, 5.74) is -0.0590. The Labute approximate surface area is 140 Å². The number of benzene rings is 2. The molecule has 0 aliphatic heterocycles.